The fraction of sp³-hybridized carbons (Fsp3) is 0.600. The molecule has 1 aliphatic carbocycles. The minimum atomic E-state index is -0.554. The largest absolute Gasteiger partial charge is 0.379 e. The van der Waals surface area contributed by atoms with Gasteiger partial charge in [0.1, 0.15) is 11.6 Å². The summed E-state index contributed by atoms with van der Waals surface area (Å²) in [6.07, 6.45) is 2.02. The van der Waals surface area contributed by atoms with Crippen molar-refractivity contribution in [3.63, 3.8) is 0 Å². The van der Waals surface area contributed by atoms with Crippen LogP contribution in [-0.2, 0) is 4.74 Å². The van der Waals surface area contributed by atoms with Crippen LogP contribution in [0.25, 0.3) is 0 Å². The second-order valence-corrected chi connectivity index (χ2v) is 5.36. The molecule has 1 aromatic rings. The summed E-state index contributed by atoms with van der Waals surface area (Å²) in [4.78, 5) is 0. The highest BCUT2D eigenvalue weighted by molar-refractivity contribution is 5.47. The Kier molecular flexibility index (Phi) is 4.09. The van der Waals surface area contributed by atoms with Crippen molar-refractivity contribution in [3.05, 3.63) is 29.8 Å². The van der Waals surface area contributed by atoms with E-state index in [1.54, 1.807) is 0 Å². The van der Waals surface area contributed by atoms with Gasteiger partial charge in [0.2, 0.25) is 0 Å². The zero-order valence-electron chi connectivity index (χ0n) is 11.7. The summed E-state index contributed by atoms with van der Waals surface area (Å²) in [6, 6.07) is 3.79. The summed E-state index contributed by atoms with van der Waals surface area (Å²) in [6.45, 7) is 6.94. The zero-order valence-corrected chi connectivity index (χ0v) is 11.7. The van der Waals surface area contributed by atoms with Crippen LogP contribution in [0.3, 0.4) is 0 Å². The quantitative estimate of drug-likeness (QED) is 0.873. The normalized spacial score (nSPS) is 29.9. The number of hydrogen-bond acceptors (Lipinski definition) is 2. The molecule has 2 nitrogen and oxygen atoms in total. The first-order valence-electron chi connectivity index (χ1n) is 6.84. The van der Waals surface area contributed by atoms with Gasteiger partial charge in [0.15, 0.2) is 0 Å². The van der Waals surface area contributed by atoms with Gasteiger partial charge in [-0.25, -0.2) is 8.78 Å². The molecule has 1 saturated carbocycles. The highest BCUT2D eigenvalue weighted by Crippen LogP contribution is 2.47. The Morgan fingerprint density at radius 2 is 2.11 bits per heavy atom. The average molecular weight is 269 g/mol. The van der Waals surface area contributed by atoms with Crippen LogP contribution < -0.4 is 5.32 Å². The molecule has 3 atom stereocenters. The van der Waals surface area contributed by atoms with E-state index in [4.69, 9.17) is 4.74 Å². The lowest BCUT2D eigenvalue weighted by Gasteiger charge is -2.53. The smallest absolute Gasteiger partial charge is 0.149 e. The highest BCUT2D eigenvalue weighted by Gasteiger charge is 2.51. The van der Waals surface area contributed by atoms with Crippen LogP contribution in [0.1, 0.15) is 33.6 Å². The van der Waals surface area contributed by atoms with Crippen molar-refractivity contribution in [1.82, 2.24) is 0 Å². The third-order valence-electron chi connectivity index (χ3n) is 4.37. The Bertz CT molecular complexity index is 452. The molecule has 19 heavy (non-hydrogen) atoms. The van der Waals surface area contributed by atoms with Crippen molar-refractivity contribution in [2.75, 3.05) is 11.9 Å². The Labute approximate surface area is 113 Å². The van der Waals surface area contributed by atoms with E-state index in [2.05, 4.69) is 19.2 Å². The summed E-state index contributed by atoms with van der Waals surface area (Å²) < 4.78 is 32.2. The molecule has 1 fully saturated rings. The van der Waals surface area contributed by atoms with Crippen LogP contribution in [0.15, 0.2) is 18.2 Å². The molecule has 0 amide bonds. The maximum atomic E-state index is 13.6. The Morgan fingerprint density at radius 3 is 2.68 bits per heavy atom. The van der Waals surface area contributed by atoms with Gasteiger partial charge in [-0.05, 0) is 31.9 Å². The standard InChI is InChI=1S/C15H21F2NO/c1-4-15(3)13(9-14(15)19-5-2)18-12-7-6-10(16)8-11(12)17/h6-8,13-14,18H,4-5,9H2,1-3H3. The first-order chi connectivity index (χ1) is 9.01. The predicted octanol–water partition coefficient (Wildman–Crippen LogP) is 3.97. The Morgan fingerprint density at radius 1 is 1.37 bits per heavy atom. The molecular weight excluding hydrogens is 248 g/mol. The first-order valence-corrected chi connectivity index (χ1v) is 6.84. The van der Waals surface area contributed by atoms with Gasteiger partial charge in [-0.1, -0.05) is 13.8 Å². The van der Waals surface area contributed by atoms with Gasteiger partial charge in [-0.2, -0.15) is 0 Å². The van der Waals surface area contributed by atoms with Gasteiger partial charge >= 0.3 is 0 Å². The Hall–Kier alpha value is -1.16. The van der Waals surface area contributed by atoms with Crippen LogP contribution in [0.4, 0.5) is 14.5 Å². The average Bonchev–Trinajstić information content (AvgIpc) is 2.39. The number of nitrogens with one attached hydrogen (secondary N) is 1. The molecule has 0 aromatic heterocycles. The molecule has 0 bridgehead atoms. The van der Waals surface area contributed by atoms with E-state index >= 15 is 0 Å². The summed E-state index contributed by atoms with van der Waals surface area (Å²) in [5, 5.41) is 3.18. The summed E-state index contributed by atoms with van der Waals surface area (Å²) in [5.74, 6) is -1.10. The molecule has 106 valence electrons. The van der Waals surface area contributed by atoms with Crippen LogP contribution in [-0.4, -0.2) is 18.8 Å². The summed E-state index contributed by atoms with van der Waals surface area (Å²) >= 11 is 0. The van der Waals surface area contributed by atoms with Gasteiger partial charge in [0.25, 0.3) is 0 Å². The van der Waals surface area contributed by atoms with Crippen LogP contribution >= 0.6 is 0 Å². The third-order valence-corrected chi connectivity index (χ3v) is 4.37. The molecule has 0 aliphatic heterocycles. The van der Waals surface area contributed by atoms with Crippen LogP contribution in [0, 0.1) is 17.0 Å². The van der Waals surface area contributed by atoms with E-state index in [9.17, 15) is 8.78 Å². The minimum Gasteiger partial charge on any atom is -0.379 e. The van der Waals surface area contributed by atoms with Gasteiger partial charge in [-0.3, -0.25) is 0 Å². The lowest BCUT2D eigenvalue weighted by Crippen LogP contribution is -2.59. The first kappa shape index (κ1) is 14.3. The van der Waals surface area contributed by atoms with E-state index < -0.39 is 11.6 Å². The molecule has 1 aromatic carbocycles. The minimum absolute atomic E-state index is 0.00314. The fourth-order valence-electron chi connectivity index (χ4n) is 2.77. The summed E-state index contributed by atoms with van der Waals surface area (Å²) in [7, 11) is 0. The molecule has 0 spiro atoms. The number of hydrogen-bond donors (Lipinski definition) is 1. The molecule has 0 radical (unpaired) electrons. The van der Waals surface area contributed by atoms with Crippen molar-refractivity contribution in [2.24, 2.45) is 5.41 Å². The van der Waals surface area contributed by atoms with Gasteiger partial charge in [0.05, 0.1) is 11.8 Å². The fourth-order valence-corrected chi connectivity index (χ4v) is 2.77. The lowest BCUT2D eigenvalue weighted by atomic mass is 9.61. The van der Waals surface area contributed by atoms with Gasteiger partial charge in [0, 0.05) is 24.1 Å². The molecule has 4 heteroatoms. The molecule has 0 saturated heterocycles. The van der Waals surface area contributed by atoms with Crippen molar-refractivity contribution < 1.29 is 13.5 Å². The lowest BCUT2D eigenvalue weighted by molar-refractivity contribution is -0.109. The second kappa shape index (κ2) is 5.45. The van der Waals surface area contributed by atoms with E-state index in [1.165, 1.54) is 12.1 Å². The molecule has 0 heterocycles. The number of anilines is 1. The SMILES string of the molecule is CCOC1CC(Nc2ccc(F)cc2F)C1(C)CC. The van der Waals surface area contributed by atoms with Crippen molar-refractivity contribution in [2.45, 2.75) is 45.8 Å². The van der Waals surface area contributed by atoms with Crippen LogP contribution in [0.2, 0.25) is 0 Å². The van der Waals surface area contributed by atoms with E-state index in [1.807, 2.05) is 6.92 Å². The van der Waals surface area contributed by atoms with Gasteiger partial charge < -0.3 is 10.1 Å². The van der Waals surface area contributed by atoms with Crippen molar-refractivity contribution >= 4 is 5.69 Å². The summed E-state index contributed by atoms with van der Waals surface area (Å²) in [5.41, 5.74) is 0.359. The van der Waals surface area contributed by atoms with Crippen molar-refractivity contribution in [3.8, 4) is 0 Å². The maximum absolute atomic E-state index is 13.6. The monoisotopic (exact) mass is 269 g/mol. The number of ether oxygens (including phenoxy) is 1. The maximum Gasteiger partial charge on any atom is 0.149 e. The molecule has 1 aliphatic rings. The van der Waals surface area contributed by atoms with Crippen LogP contribution in [0.5, 0.6) is 0 Å². The topological polar surface area (TPSA) is 21.3 Å². The van der Waals surface area contributed by atoms with E-state index in [0.29, 0.717) is 12.3 Å². The Balaban J connectivity index is 2.08. The number of rotatable bonds is 5. The predicted molar refractivity (Wildman–Crippen MR) is 72.2 cm³/mol. The molecule has 1 N–H and O–H groups in total. The highest BCUT2D eigenvalue weighted by atomic mass is 19.1. The van der Waals surface area contributed by atoms with Crippen molar-refractivity contribution in [1.29, 1.82) is 0 Å². The molecule has 3 unspecified atom stereocenters. The van der Waals surface area contributed by atoms with E-state index in [0.717, 1.165) is 18.9 Å². The number of halogens is 2. The van der Waals surface area contributed by atoms with Gasteiger partial charge in [-0.15, -0.1) is 0 Å². The molecular formula is C15H21F2NO. The third kappa shape index (κ3) is 2.59. The number of benzene rings is 1. The van der Waals surface area contributed by atoms with E-state index in [-0.39, 0.29) is 17.6 Å². The molecule has 2 rings (SSSR count). The second-order valence-electron chi connectivity index (χ2n) is 5.36. The zero-order chi connectivity index (χ0) is 14.0.